The molecule has 2 nitrogen and oxygen atoms in total. The molecule has 2 aromatic rings. The molecule has 0 saturated carbocycles. The van der Waals surface area contributed by atoms with Crippen LogP contribution in [0.1, 0.15) is 76.7 Å². The Hall–Kier alpha value is -1.57. The van der Waals surface area contributed by atoms with Crippen LogP contribution in [-0.4, -0.2) is 4.57 Å². The topological polar surface area (TPSA) is 8.81 Å². The van der Waals surface area contributed by atoms with E-state index in [9.17, 15) is 0 Å². The van der Waals surface area contributed by atoms with Crippen molar-refractivity contribution in [1.29, 1.82) is 0 Å². The van der Waals surface area contributed by atoms with Crippen LogP contribution in [0.25, 0.3) is 0 Å². The number of imidazole rings is 1. The maximum atomic E-state index is 2.44. The van der Waals surface area contributed by atoms with Crippen LogP contribution < -0.4 is 4.57 Å². The molecule has 1 aromatic carbocycles. The van der Waals surface area contributed by atoms with Gasteiger partial charge in [-0.2, -0.15) is 0 Å². The zero-order chi connectivity index (χ0) is 16.5. The van der Waals surface area contributed by atoms with Gasteiger partial charge in [-0.15, -0.1) is 0 Å². The molecule has 0 N–H and O–H groups in total. The van der Waals surface area contributed by atoms with Gasteiger partial charge in [0.05, 0.1) is 6.04 Å². The van der Waals surface area contributed by atoms with Gasteiger partial charge in [0.2, 0.25) is 0 Å². The maximum Gasteiger partial charge on any atom is 0.256 e. The Labute approximate surface area is 142 Å². The number of aromatic nitrogens is 2. The minimum Gasteiger partial charge on any atom is -0.232 e. The Morgan fingerprint density at radius 3 is 2.35 bits per heavy atom. The van der Waals surface area contributed by atoms with E-state index in [0.717, 1.165) is 6.54 Å². The molecular formula is C21H33N2+. The molecule has 2 heteroatoms. The number of benzene rings is 1. The lowest BCUT2D eigenvalue weighted by atomic mass is 10.1. The molecule has 0 amide bonds. The van der Waals surface area contributed by atoms with Crippen molar-refractivity contribution >= 4 is 0 Å². The quantitative estimate of drug-likeness (QED) is 0.415. The van der Waals surface area contributed by atoms with Crippen molar-refractivity contribution in [2.45, 2.75) is 78.3 Å². The number of hydrogen-bond donors (Lipinski definition) is 0. The van der Waals surface area contributed by atoms with Crippen LogP contribution in [0.3, 0.4) is 0 Å². The first-order valence-electron chi connectivity index (χ1n) is 9.35. The number of rotatable bonds is 10. The standard InChI is InChI=1S/C21H33N2/c1-4-5-6-7-8-12-15-21-22(16-17-23(21)19(2)3)18-20-13-10-9-11-14-20/h9-11,13-14,16-17,19H,4-8,12,15,18H2,1-3H3/q+1. The molecule has 0 saturated heterocycles. The monoisotopic (exact) mass is 313 g/mol. The molecule has 0 spiro atoms. The summed E-state index contributed by atoms with van der Waals surface area (Å²) in [6.07, 6.45) is 13.8. The van der Waals surface area contributed by atoms with Crippen molar-refractivity contribution in [2.24, 2.45) is 0 Å². The van der Waals surface area contributed by atoms with E-state index in [2.05, 4.69) is 72.6 Å². The Bertz CT molecular complexity index is 554. The van der Waals surface area contributed by atoms with Crippen molar-refractivity contribution in [3.63, 3.8) is 0 Å². The third-order valence-electron chi connectivity index (χ3n) is 4.54. The van der Waals surface area contributed by atoms with Crippen LogP contribution in [0.4, 0.5) is 0 Å². The molecular weight excluding hydrogens is 280 g/mol. The van der Waals surface area contributed by atoms with Crippen molar-refractivity contribution in [2.75, 3.05) is 0 Å². The van der Waals surface area contributed by atoms with Gasteiger partial charge >= 0.3 is 0 Å². The van der Waals surface area contributed by atoms with E-state index in [4.69, 9.17) is 0 Å². The first-order valence-corrected chi connectivity index (χ1v) is 9.35. The Morgan fingerprint density at radius 2 is 1.65 bits per heavy atom. The van der Waals surface area contributed by atoms with Gasteiger partial charge in [0, 0.05) is 6.42 Å². The lowest BCUT2D eigenvalue weighted by Gasteiger charge is -2.08. The summed E-state index contributed by atoms with van der Waals surface area (Å²) in [5.41, 5.74) is 1.38. The summed E-state index contributed by atoms with van der Waals surface area (Å²) in [4.78, 5) is 0. The molecule has 0 atom stereocenters. The van der Waals surface area contributed by atoms with Crippen LogP contribution in [0, 0.1) is 0 Å². The average molecular weight is 314 g/mol. The molecule has 1 aromatic heterocycles. The molecule has 0 aliphatic carbocycles. The van der Waals surface area contributed by atoms with Gasteiger partial charge in [0.15, 0.2) is 0 Å². The second-order valence-corrected chi connectivity index (χ2v) is 6.85. The SMILES string of the molecule is CCCCCCCCc1n(C(C)C)cc[n+]1Cc1ccccc1. The third kappa shape index (κ3) is 5.53. The highest BCUT2D eigenvalue weighted by atomic mass is 15.2. The minimum atomic E-state index is 0.530. The highest BCUT2D eigenvalue weighted by Gasteiger charge is 2.19. The van der Waals surface area contributed by atoms with Crippen LogP contribution >= 0.6 is 0 Å². The van der Waals surface area contributed by atoms with E-state index in [0.29, 0.717) is 6.04 Å². The summed E-state index contributed by atoms with van der Waals surface area (Å²) in [6.45, 7) is 7.81. The number of nitrogens with zero attached hydrogens (tertiary/aromatic N) is 2. The molecule has 0 aliphatic rings. The highest BCUT2D eigenvalue weighted by Crippen LogP contribution is 2.13. The van der Waals surface area contributed by atoms with Crippen molar-refractivity contribution < 1.29 is 4.57 Å². The smallest absolute Gasteiger partial charge is 0.232 e. The molecule has 126 valence electrons. The predicted octanol–water partition coefficient (Wildman–Crippen LogP) is 5.31. The van der Waals surface area contributed by atoms with Gasteiger partial charge in [-0.05, 0) is 25.8 Å². The zero-order valence-corrected chi connectivity index (χ0v) is 15.2. The van der Waals surface area contributed by atoms with Crippen LogP contribution in [-0.2, 0) is 13.0 Å². The lowest BCUT2D eigenvalue weighted by molar-refractivity contribution is -0.695. The van der Waals surface area contributed by atoms with Gasteiger partial charge in [0.1, 0.15) is 18.9 Å². The van der Waals surface area contributed by atoms with E-state index in [1.165, 1.54) is 56.3 Å². The van der Waals surface area contributed by atoms with Gasteiger partial charge in [-0.3, -0.25) is 0 Å². The summed E-state index contributed by atoms with van der Waals surface area (Å²) in [5, 5.41) is 0. The first kappa shape index (κ1) is 17.8. The summed E-state index contributed by atoms with van der Waals surface area (Å²) < 4.78 is 4.87. The van der Waals surface area contributed by atoms with E-state index in [1.54, 1.807) is 0 Å². The Morgan fingerprint density at radius 1 is 0.957 bits per heavy atom. The van der Waals surface area contributed by atoms with Gasteiger partial charge in [-0.1, -0.05) is 69.4 Å². The molecule has 0 radical (unpaired) electrons. The molecule has 1 heterocycles. The fraction of sp³-hybridized carbons (Fsp3) is 0.571. The van der Waals surface area contributed by atoms with Gasteiger partial charge in [-0.25, -0.2) is 9.13 Å². The number of unbranched alkanes of at least 4 members (excludes halogenated alkanes) is 5. The fourth-order valence-corrected chi connectivity index (χ4v) is 3.20. The zero-order valence-electron chi connectivity index (χ0n) is 15.2. The van der Waals surface area contributed by atoms with Gasteiger partial charge in [0.25, 0.3) is 5.82 Å². The summed E-state index contributed by atoms with van der Waals surface area (Å²) in [7, 11) is 0. The van der Waals surface area contributed by atoms with Gasteiger partial charge < -0.3 is 0 Å². The maximum absolute atomic E-state index is 2.44. The first-order chi connectivity index (χ1) is 11.2. The van der Waals surface area contributed by atoms with E-state index in [1.807, 2.05) is 0 Å². The van der Waals surface area contributed by atoms with Crippen molar-refractivity contribution in [1.82, 2.24) is 4.57 Å². The van der Waals surface area contributed by atoms with E-state index >= 15 is 0 Å². The Balaban J connectivity index is 1.99. The predicted molar refractivity (Wildman–Crippen MR) is 97.6 cm³/mol. The van der Waals surface area contributed by atoms with Crippen molar-refractivity contribution in [3.05, 3.63) is 54.1 Å². The summed E-state index contributed by atoms with van der Waals surface area (Å²) in [6, 6.07) is 11.3. The molecule has 2 rings (SSSR count). The van der Waals surface area contributed by atoms with Crippen molar-refractivity contribution in [3.8, 4) is 0 Å². The summed E-state index contributed by atoms with van der Waals surface area (Å²) in [5.74, 6) is 1.47. The molecule has 0 bridgehead atoms. The minimum absolute atomic E-state index is 0.530. The normalized spacial score (nSPS) is 11.3. The lowest BCUT2D eigenvalue weighted by Crippen LogP contribution is -2.38. The van der Waals surface area contributed by atoms with Crippen LogP contribution in [0.5, 0.6) is 0 Å². The highest BCUT2D eigenvalue weighted by molar-refractivity contribution is 5.13. The second kappa shape index (κ2) is 9.54. The summed E-state index contributed by atoms with van der Waals surface area (Å²) >= 11 is 0. The average Bonchev–Trinajstić information content (AvgIpc) is 2.95. The molecule has 0 fully saturated rings. The fourth-order valence-electron chi connectivity index (χ4n) is 3.20. The third-order valence-corrected chi connectivity index (χ3v) is 4.54. The van der Waals surface area contributed by atoms with E-state index < -0.39 is 0 Å². The molecule has 0 unspecified atom stereocenters. The van der Waals surface area contributed by atoms with Crippen LogP contribution in [0.2, 0.25) is 0 Å². The van der Waals surface area contributed by atoms with Crippen LogP contribution in [0.15, 0.2) is 42.7 Å². The second-order valence-electron chi connectivity index (χ2n) is 6.85. The Kier molecular flexibility index (Phi) is 7.38. The molecule has 0 aliphatic heterocycles. The largest absolute Gasteiger partial charge is 0.256 e. The molecule has 23 heavy (non-hydrogen) atoms. The van der Waals surface area contributed by atoms with E-state index in [-0.39, 0.29) is 0 Å². The number of hydrogen-bond acceptors (Lipinski definition) is 0.